The molecule has 0 atom stereocenters. The molecule has 0 radical (unpaired) electrons. The Morgan fingerprint density at radius 1 is 1.07 bits per heavy atom. The predicted octanol–water partition coefficient (Wildman–Crippen LogP) is 2.13. The monoisotopic (exact) mass is 405 g/mol. The molecule has 0 aliphatic carbocycles. The van der Waals surface area contributed by atoms with Crippen LogP contribution in [0.5, 0.6) is 5.75 Å². The van der Waals surface area contributed by atoms with Crippen LogP contribution < -0.4 is 15.0 Å². The third kappa shape index (κ3) is 4.53. The molecule has 0 saturated carbocycles. The fraction of sp³-hybridized carbons (Fsp3) is 0.474. The fourth-order valence-electron chi connectivity index (χ4n) is 3.17. The Balaban J connectivity index is 1.69. The lowest BCUT2D eigenvalue weighted by atomic mass is 10.3. The van der Waals surface area contributed by atoms with Gasteiger partial charge in [0.25, 0.3) is 0 Å². The van der Waals surface area contributed by atoms with E-state index in [1.54, 1.807) is 24.3 Å². The van der Waals surface area contributed by atoms with E-state index in [1.165, 1.54) is 4.31 Å². The number of piperazine rings is 1. The van der Waals surface area contributed by atoms with Crippen molar-refractivity contribution in [3.05, 3.63) is 36.2 Å². The van der Waals surface area contributed by atoms with Gasteiger partial charge in [-0.1, -0.05) is 0 Å². The van der Waals surface area contributed by atoms with Crippen LogP contribution in [0.15, 0.2) is 35.2 Å². The van der Waals surface area contributed by atoms with Crippen LogP contribution in [-0.4, -0.2) is 62.0 Å². The van der Waals surface area contributed by atoms with Crippen LogP contribution >= 0.6 is 0 Å². The molecule has 0 unspecified atom stereocenters. The fourth-order valence-corrected chi connectivity index (χ4v) is 4.59. The maximum atomic E-state index is 12.9. The standard InChI is InChI=1S/C19H27N5O3S/c1-4-20-18-14-19(22-15(3)21-18)23-10-12-24(13-11-23)28(25,26)17-8-6-16(7-9-17)27-5-2/h6-9,14H,4-5,10-13H2,1-3H3,(H,20,21,22). The second kappa shape index (κ2) is 8.74. The summed E-state index contributed by atoms with van der Waals surface area (Å²) >= 11 is 0. The molecule has 1 aromatic heterocycles. The maximum absolute atomic E-state index is 12.9. The number of nitrogens with one attached hydrogen (secondary N) is 1. The van der Waals surface area contributed by atoms with E-state index < -0.39 is 10.0 Å². The van der Waals surface area contributed by atoms with Crippen LogP contribution in [-0.2, 0) is 10.0 Å². The van der Waals surface area contributed by atoms with Gasteiger partial charge in [-0.25, -0.2) is 18.4 Å². The minimum Gasteiger partial charge on any atom is -0.494 e. The molecule has 1 saturated heterocycles. The van der Waals surface area contributed by atoms with Crippen LogP contribution in [0.2, 0.25) is 0 Å². The molecule has 9 heteroatoms. The number of hydrogen-bond acceptors (Lipinski definition) is 7. The summed E-state index contributed by atoms with van der Waals surface area (Å²) in [5.74, 6) is 2.97. The van der Waals surface area contributed by atoms with Crippen molar-refractivity contribution in [1.82, 2.24) is 14.3 Å². The molecule has 152 valence electrons. The number of anilines is 2. The Hall–Kier alpha value is -2.39. The van der Waals surface area contributed by atoms with Crippen LogP contribution in [0.4, 0.5) is 11.6 Å². The van der Waals surface area contributed by atoms with Crippen molar-refractivity contribution >= 4 is 21.7 Å². The van der Waals surface area contributed by atoms with Crippen molar-refractivity contribution in [1.29, 1.82) is 0 Å². The summed E-state index contributed by atoms with van der Waals surface area (Å²) in [5, 5.41) is 3.20. The van der Waals surface area contributed by atoms with Gasteiger partial charge in [0.05, 0.1) is 11.5 Å². The first kappa shape index (κ1) is 20.3. The van der Waals surface area contributed by atoms with Gasteiger partial charge in [0.1, 0.15) is 23.2 Å². The molecule has 2 aromatic rings. The number of sulfonamides is 1. The van der Waals surface area contributed by atoms with Crippen molar-refractivity contribution in [3.63, 3.8) is 0 Å². The number of aryl methyl sites for hydroxylation is 1. The maximum Gasteiger partial charge on any atom is 0.243 e. The van der Waals surface area contributed by atoms with E-state index in [1.807, 2.05) is 26.8 Å². The zero-order valence-electron chi connectivity index (χ0n) is 16.6. The Morgan fingerprint density at radius 3 is 2.36 bits per heavy atom. The molecule has 1 aliphatic heterocycles. The molecule has 8 nitrogen and oxygen atoms in total. The predicted molar refractivity (Wildman–Crippen MR) is 110 cm³/mol. The molecular weight excluding hydrogens is 378 g/mol. The number of nitrogens with zero attached hydrogens (tertiary/aromatic N) is 4. The summed E-state index contributed by atoms with van der Waals surface area (Å²) in [6.45, 7) is 9.08. The van der Waals surface area contributed by atoms with Crippen LogP contribution in [0.1, 0.15) is 19.7 Å². The van der Waals surface area contributed by atoms with Crippen molar-refractivity contribution in [2.24, 2.45) is 0 Å². The van der Waals surface area contributed by atoms with Gasteiger partial charge in [-0.05, 0) is 45.0 Å². The zero-order chi connectivity index (χ0) is 20.1. The lowest BCUT2D eigenvalue weighted by molar-refractivity contribution is 0.340. The highest BCUT2D eigenvalue weighted by atomic mass is 32.2. The highest BCUT2D eigenvalue weighted by Crippen LogP contribution is 2.23. The first-order chi connectivity index (χ1) is 13.4. The van der Waals surface area contributed by atoms with Crippen LogP contribution in [0, 0.1) is 6.92 Å². The van der Waals surface area contributed by atoms with Gasteiger partial charge >= 0.3 is 0 Å². The lowest BCUT2D eigenvalue weighted by Crippen LogP contribution is -2.49. The second-order valence-corrected chi connectivity index (χ2v) is 8.42. The summed E-state index contributed by atoms with van der Waals surface area (Å²) in [6, 6.07) is 8.50. The van der Waals surface area contributed by atoms with Crippen molar-refractivity contribution in [2.45, 2.75) is 25.7 Å². The summed E-state index contributed by atoms with van der Waals surface area (Å²) in [6.07, 6.45) is 0. The van der Waals surface area contributed by atoms with Gasteiger partial charge in [-0.15, -0.1) is 0 Å². The minimum atomic E-state index is -3.52. The third-order valence-electron chi connectivity index (χ3n) is 4.52. The van der Waals surface area contributed by atoms with Gasteiger partial charge in [0.2, 0.25) is 10.0 Å². The minimum absolute atomic E-state index is 0.289. The van der Waals surface area contributed by atoms with Gasteiger partial charge < -0.3 is 15.0 Å². The summed E-state index contributed by atoms with van der Waals surface area (Å²) in [5.41, 5.74) is 0. The number of aromatic nitrogens is 2. The number of rotatable bonds is 7. The van der Waals surface area contributed by atoms with Crippen molar-refractivity contribution in [3.8, 4) is 5.75 Å². The molecule has 1 fully saturated rings. The number of benzene rings is 1. The van der Waals surface area contributed by atoms with Gasteiger partial charge in [0, 0.05) is 38.8 Å². The summed E-state index contributed by atoms with van der Waals surface area (Å²) in [4.78, 5) is 11.3. The molecule has 1 aromatic carbocycles. The molecule has 0 amide bonds. The highest BCUT2D eigenvalue weighted by Gasteiger charge is 2.29. The van der Waals surface area contributed by atoms with E-state index in [0.29, 0.717) is 44.4 Å². The highest BCUT2D eigenvalue weighted by molar-refractivity contribution is 7.89. The van der Waals surface area contributed by atoms with E-state index in [-0.39, 0.29) is 4.90 Å². The normalized spacial score (nSPS) is 15.5. The first-order valence-corrected chi connectivity index (χ1v) is 11.0. The largest absolute Gasteiger partial charge is 0.494 e. The smallest absolute Gasteiger partial charge is 0.243 e. The summed E-state index contributed by atoms with van der Waals surface area (Å²) < 4.78 is 32.8. The molecule has 1 aliphatic rings. The third-order valence-corrected chi connectivity index (χ3v) is 6.43. The number of ether oxygens (including phenoxy) is 1. The molecule has 0 spiro atoms. The van der Waals surface area contributed by atoms with E-state index >= 15 is 0 Å². The van der Waals surface area contributed by atoms with E-state index in [0.717, 1.165) is 18.2 Å². The lowest BCUT2D eigenvalue weighted by Gasteiger charge is -2.34. The number of hydrogen-bond donors (Lipinski definition) is 1. The second-order valence-electron chi connectivity index (χ2n) is 6.48. The molecule has 2 heterocycles. The van der Waals surface area contributed by atoms with Crippen molar-refractivity contribution < 1.29 is 13.2 Å². The zero-order valence-corrected chi connectivity index (χ0v) is 17.4. The van der Waals surface area contributed by atoms with E-state index in [4.69, 9.17) is 4.74 Å². The topological polar surface area (TPSA) is 87.7 Å². The average molecular weight is 406 g/mol. The van der Waals surface area contributed by atoms with E-state index in [2.05, 4.69) is 20.2 Å². The SMILES string of the molecule is CCNc1cc(N2CCN(S(=O)(=O)c3ccc(OCC)cc3)CC2)nc(C)n1. The van der Waals surface area contributed by atoms with Crippen LogP contribution in [0.25, 0.3) is 0 Å². The van der Waals surface area contributed by atoms with Gasteiger partial charge in [-0.3, -0.25) is 0 Å². The summed E-state index contributed by atoms with van der Waals surface area (Å²) in [7, 11) is -3.52. The Labute approximate surface area is 166 Å². The average Bonchev–Trinajstić information content (AvgIpc) is 2.69. The van der Waals surface area contributed by atoms with Gasteiger partial charge in [-0.2, -0.15) is 4.31 Å². The molecular formula is C19H27N5O3S. The van der Waals surface area contributed by atoms with Gasteiger partial charge in [0.15, 0.2) is 0 Å². The molecule has 3 rings (SSSR count). The van der Waals surface area contributed by atoms with Crippen LogP contribution in [0.3, 0.4) is 0 Å². The first-order valence-electron chi connectivity index (χ1n) is 9.51. The quantitative estimate of drug-likeness (QED) is 0.755. The molecule has 28 heavy (non-hydrogen) atoms. The molecule has 1 N–H and O–H groups in total. The Kier molecular flexibility index (Phi) is 6.35. The Bertz CT molecular complexity index is 894. The molecule has 0 bridgehead atoms. The Morgan fingerprint density at radius 2 is 1.75 bits per heavy atom. The van der Waals surface area contributed by atoms with E-state index in [9.17, 15) is 8.42 Å². The van der Waals surface area contributed by atoms with Crippen molar-refractivity contribution in [2.75, 3.05) is 49.5 Å².